The van der Waals surface area contributed by atoms with Crippen LogP contribution in [0.4, 0.5) is 13.2 Å². The predicted molar refractivity (Wildman–Crippen MR) is 34.7 cm³/mol. The summed E-state index contributed by atoms with van der Waals surface area (Å²) < 4.78 is 34.9. The van der Waals surface area contributed by atoms with Crippen LogP contribution in [0.2, 0.25) is 0 Å². The minimum Gasteiger partial charge on any atom is -0.396 e. The first-order chi connectivity index (χ1) is 4.99. The Morgan fingerprint density at radius 1 is 1.45 bits per heavy atom. The number of terminal acetylenes is 1. The third-order valence-electron chi connectivity index (χ3n) is 1.18. The summed E-state index contributed by atoms with van der Waals surface area (Å²) in [6.45, 7) is -0.510. The fourth-order valence-corrected chi connectivity index (χ4v) is 0.695. The summed E-state index contributed by atoms with van der Waals surface area (Å²) in [6.07, 6.45) is -0.475. The van der Waals surface area contributed by atoms with E-state index in [1.54, 1.807) is 0 Å². The average Bonchev–Trinajstić information content (AvgIpc) is 1.84. The second kappa shape index (κ2) is 4.24. The van der Waals surface area contributed by atoms with Gasteiger partial charge in [0.05, 0.1) is 0 Å². The van der Waals surface area contributed by atoms with Gasteiger partial charge in [-0.3, -0.25) is 0 Å². The fourth-order valence-electron chi connectivity index (χ4n) is 0.695. The number of hydrogen-bond acceptors (Lipinski definition) is 1. The van der Waals surface area contributed by atoms with Gasteiger partial charge in [-0.25, -0.2) is 0 Å². The Morgan fingerprint density at radius 3 is 2.27 bits per heavy atom. The lowest BCUT2D eigenvalue weighted by Gasteiger charge is -2.12. The standard InChI is InChI=1S/C7H9F3O/c1-2-3-6(5-11)4-7(8,9)10/h1,6,11H,3-5H2/t6-/m0/s1. The summed E-state index contributed by atoms with van der Waals surface area (Å²) in [7, 11) is 0. The van der Waals surface area contributed by atoms with Gasteiger partial charge in [-0.1, -0.05) is 0 Å². The Bertz CT molecular complexity index is 145. The molecule has 0 spiro atoms. The molecule has 0 aromatic heterocycles. The van der Waals surface area contributed by atoms with Gasteiger partial charge >= 0.3 is 6.18 Å². The molecule has 64 valence electrons. The molecule has 0 saturated heterocycles. The van der Waals surface area contributed by atoms with Crippen molar-refractivity contribution in [3.63, 3.8) is 0 Å². The highest BCUT2D eigenvalue weighted by Gasteiger charge is 2.30. The second-order valence-electron chi connectivity index (χ2n) is 2.28. The lowest BCUT2D eigenvalue weighted by Crippen LogP contribution is -2.17. The normalized spacial score (nSPS) is 14.1. The van der Waals surface area contributed by atoms with Crippen molar-refractivity contribution in [1.29, 1.82) is 0 Å². The van der Waals surface area contributed by atoms with Crippen molar-refractivity contribution in [2.24, 2.45) is 5.92 Å². The van der Waals surface area contributed by atoms with Gasteiger partial charge in [0, 0.05) is 25.4 Å². The van der Waals surface area contributed by atoms with Gasteiger partial charge in [0.25, 0.3) is 0 Å². The van der Waals surface area contributed by atoms with E-state index in [1.165, 1.54) is 0 Å². The van der Waals surface area contributed by atoms with Crippen molar-refractivity contribution < 1.29 is 18.3 Å². The van der Waals surface area contributed by atoms with Crippen molar-refractivity contribution in [2.45, 2.75) is 19.0 Å². The van der Waals surface area contributed by atoms with Gasteiger partial charge < -0.3 is 5.11 Å². The molecule has 0 fully saturated rings. The number of rotatable bonds is 3. The maximum atomic E-state index is 11.6. The molecule has 0 rings (SSSR count). The van der Waals surface area contributed by atoms with E-state index in [1.807, 2.05) is 0 Å². The van der Waals surface area contributed by atoms with Gasteiger partial charge in [-0.2, -0.15) is 13.2 Å². The number of hydrogen-bond donors (Lipinski definition) is 1. The highest BCUT2D eigenvalue weighted by molar-refractivity contribution is 4.87. The van der Waals surface area contributed by atoms with Crippen molar-refractivity contribution in [1.82, 2.24) is 0 Å². The van der Waals surface area contributed by atoms with Crippen LogP contribution < -0.4 is 0 Å². The van der Waals surface area contributed by atoms with Gasteiger partial charge in [-0.15, -0.1) is 12.3 Å². The van der Waals surface area contributed by atoms with E-state index in [4.69, 9.17) is 11.5 Å². The molecule has 0 aromatic carbocycles. The monoisotopic (exact) mass is 166 g/mol. The summed E-state index contributed by atoms with van der Waals surface area (Å²) in [5, 5.41) is 8.42. The molecule has 1 atom stereocenters. The third kappa shape index (κ3) is 5.74. The highest BCUT2D eigenvalue weighted by Crippen LogP contribution is 2.25. The third-order valence-corrected chi connectivity index (χ3v) is 1.18. The van der Waals surface area contributed by atoms with E-state index in [0.29, 0.717) is 0 Å². The Morgan fingerprint density at radius 2 is 2.00 bits per heavy atom. The van der Waals surface area contributed by atoms with Crippen molar-refractivity contribution in [3.8, 4) is 12.3 Å². The summed E-state index contributed by atoms with van der Waals surface area (Å²) in [5.41, 5.74) is 0. The zero-order valence-corrected chi connectivity index (χ0v) is 5.86. The van der Waals surface area contributed by atoms with Crippen molar-refractivity contribution >= 4 is 0 Å². The molecule has 0 aliphatic carbocycles. The molecule has 0 aliphatic heterocycles. The molecule has 11 heavy (non-hydrogen) atoms. The van der Waals surface area contributed by atoms with E-state index in [2.05, 4.69) is 5.92 Å². The zero-order valence-electron chi connectivity index (χ0n) is 5.86. The van der Waals surface area contributed by atoms with Gasteiger partial charge in [0.15, 0.2) is 0 Å². The van der Waals surface area contributed by atoms with Crippen LogP contribution in [0, 0.1) is 18.3 Å². The quantitative estimate of drug-likeness (QED) is 0.631. The summed E-state index contributed by atoms with van der Waals surface area (Å²) in [4.78, 5) is 0. The lowest BCUT2D eigenvalue weighted by atomic mass is 10.0. The number of aliphatic hydroxyl groups excluding tert-OH is 1. The first kappa shape index (κ1) is 10.3. The summed E-state index contributed by atoms with van der Waals surface area (Å²) >= 11 is 0. The Kier molecular flexibility index (Phi) is 3.98. The molecule has 0 radical (unpaired) electrons. The molecule has 0 heterocycles. The van der Waals surface area contributed by atoms with Crippen molar-refractivity contribution in [3.05, 3.63) is 0 Å². The zero-order chi connectivity index (χ0) is 8.91. The van der Waals surface area contributed by atoms with E-state index >= 15 is 0 Å². The van der Waals surface area contributed by atoms with E-state index in [-0.39, 0.29) is 6.42 Å². The average molecular weight is 166 g/mol. The molecule has 4 heteroatoms. The van der Waals surface area contributed by atoms with Crippen LogP contribution >= 0.6 is 0 Å². The van der Waals surface area contributed by atoms with Crippen LogP contribution in [0.1, 0.15) is 12.8 Å². The van der Waals surface area contributed by atoms with Gasteiger partial charge in [-0.05, 0) is 0 Å². The SMILES string of the molecule is C#CC[C@H](CO)CC(F)(F)F. The molecule has 0 amide bonds. The van der Waals surface area contributed by atoms with Crippen LogP contribution in [-0.4, -0.2) is 17.9 Å². The minimum absolute atomic E-state index is 0.0317. The first-order valence-corrected chi connectivity index (χ1v) is 3.10. The number of aliphatic hydroxyl groups is 1. The van der Waals surface area contributed by atoms with Gasteiger partial charge in [0.2, 0.25) is 0 Å². The first-order valence-electron chi connectivity index (χ1n) is 3.10. The van der Waals surface area contributed by atoms with Crippen LogP contribution in [0.3, 0.4) is 0 Å². The fraction of sp³-hybridized carbons (Fsp3) is 0.714. The van der Waals surface area contributed by atoms with E-state index < -0.39 is 25.1 Å². The topological polar surface area (TPSA) is 20.2 Å². The lowest BCUT2D eigenvalue weighted by molar-refractivity contribution is -0.146. The smallest absolute Gasteiger partial charge is 0.389 e. The highest BCUT2D eigenvalue weighted by atomic mass is 19.4. The largest absolute Gasteiger partial charge is 0.396 e. The van der Waals surface area contributed by atoms with E-state index in [9.17, 15) is 13.2 Å². The molecule has 1 N–H and O–H groups in total. The van der Waals surface area contributed by atoms with Gasteiger partial charge in [0.1, 0.15) is 0 Å². The van der Waals surface area contributed by atoms with E-state index in [0.717, 1.165) is 0 Å². The van der Waals surface area contributed by atoms with Crippen LogP contribution in [0.15, 0.2) is 0 Å². The maximum absolute atomic E-state index is 11.6. The number of halogens is 3. The summed E-state index contributed by atoms with van der Waals surface area (Å²) in [6, 6.07) is 0. The Hall–Kier alpha value is -0.690. The number of alkyl halides is 3. The predicted octanol–water partition coefficient (Wildman–Crippen LogP) is 1.57. The van der Waals surface area contributed by atoms with Crippen LogP contribution in [-0.2, 0) is 0 Å². The molecule has 1 nitrogen and oxygen atoms in total. The minimum atomic E-state index is -4.23. The second-order valence-corrected chi connectivity index (χ2v) is 2.28. The molecular weight excluding hydrogens is 157 g/mol. The molecule has 0 aliphatic rings. The molecular formula is C7H9F3O. The maximum Gasteiger partial charge on any atom is 0.389 e. The summed E-state index contributed by atoms with van der Waals surface area (Å²) in [5.74, 6) is 1.23. The molecule has 0 bridgehead atoms. The van der Waals surface area contributed by atoms with Crippen molar-refractivity contribution in [2.75, 3.05) is 6.61 Å². The molecule has 0 saturated carbocycles. The van der Waals surface area contributed by atoms with Crippen LogP contribution in [0.5, 0.6) is 0 Å². The van der Waals surface area contributed by atoms with Crippen LogP contribution in [0.25, 0.3) is 0 Å². The molecule has 0 aromatic rings. The Balaban J connectivity index is 3.80. The Labute approximate surface area is 63.2 Å². The molecule has 0 unspecified atom stereocenters.